The van der Waals surface area contributed by atoms with E-state index in [0.29, 0.717) is 11.8 Å². The van der Waals surface area contributed by atoms with Gasteiger partial charge in [0, 0.05) is 36.4 Å². The van der Waals surface area contributed by atoms with Gasteiger partial charge in [0.25, 0.3) is 0 Å². The topological polar surface area (TPSA) is 12.0 Å². The molecule has 2 aliphatic rings. The zero-order valence-electron chi connectivity index (χ0n) is 5.85. The monoisotopic (exact) mass is 161 g/mol. The van der Waals surface area contributed by atoms with Crippen LogP contribution in [0, 0.1) is 11.8 Å². The molecular formula is C7H12FNS. The molecule has 0 spiro atoms. The average Bonchev–Trinajstić information content (AvgIpc) is 1.86. The fraction of sp³-hybridized carbons (Fsp3) is 1.00. The van der Waals surface area contributed by atoms with Gasteiger partial charge in [0.2, 0.25) is 0 Å². The molecule has 0 aliphatic carbocycles. The predicted molar refractivity (Wildman–Crippen MR) is 42.1 cm³/mol. The molecule has 2 atom stereocenters. The number of piperidine rings is 1. The highest BCUT2D eigenvalue weighted by Crippen LogP contribution is 2.32. The summed E-state index contributed by atoms with van der Waals surface area (Å²) >= 11 is 1.91. The van der Waals surface area contributed by atoms with Crippen LogP contribution < -0.4 is 5.32 Å². The molecule has 0 saturated carbocycles. The van der Waals surface area contributed by atoms with Gasteiger partial charge in [-0.1, -0.05) is 0 Å². The van der Waals surface area contributed by atoms with Crippen molar-refractivity contribution in [1.29, 1.82) is 0 Å². The first-order valence-electron chi connectivity index (χ1n) is 3.80. The van der Waals surface area contributed by atoms with Crippen LogP contribution in [-0.2, 0) is 0 Å². The van der Waals surface area contributed by atoms with Gasteiger partial charge >= 0.3 is 0 Å². The van der Waals surface area contributed by atoms with Crippen molar-refractivity contribution in [3.63, 3.8) is 0 Å². The van der Waals surface area contributed by atoms with Crippen LogP contribution in [0.1, 0.15) is 0 Å². The molecule has 3 heteroatoms. The van der Waals surface area contributed by atoms with Gasteiger partial charge in [-0.05, 0) is 0 Å². The third kappa shape index (κ3) is 1.05. The second-order valence-corrected chi connectivity index (χ2v) is 4.24. The zero-order valence-corrected chi connectivity index (χ0v) is 6.66. The number of alkyl halides is 1. The summed E-state index contributed by atoms with van der Waals surface area (Å²) in [5.41, 5.74) is 0. The standard InChI is InChI=1S/C7H12FNS/c8-7-5-1-9-2-6(7)4-10-3-5/h5-7,9H,1-4H2. The van der Waals surface area contributed by atoms with Crippen molar-refractivity contribution in [2.45, 2.75) is 6.17 Å². The van der Waals surface area contributed by atoms with Crippen LogP contribution in [0.25, 0.3) is 0 Å². The Morgan fingerprint density at radius 1 is 1.20 bits per heavy atom. The maximum absolute atomic E-state index is 13.2. The Kier molecular flexibility index (Phi) is 1.87. The molecule has 0 aromatic rings. The van der Waals surface area contributed by atoms with Crippen LogP contribution in [0.3, 0.4) is 0 Å². The van der Waals surface area contributed by atoms with E-state index in [1.54, 1.807) is 0 Å². The first-order chi connectivity index (χ1) is 4.88. The number of fused-ring (bicyclic) bond motifs is 2. The lowest BCUT2D eigenvalue weighted by atomic mass is 9.90. The molecule has 2 rings (SSSR count). The van der Waals surface area contributed by atoms with Crippen molar-refractivity contribution in [3.8, 4) is 0 Å². The van der Waals surface area contributed by atoms with Crippen molar-refractivity contribution >= 4 is 11.8 Å². The fourth-order valence-electron chi connectivity index (χ4n) is 1.74. The molecule has 0 amide bonds. The molecule has 0 aromatic heterocycles. The van der Waals surface area contributed by atoms with E-state index in [4.69, 9.17) is 0 Å². The van der Waals surface area contributed by atoms with E-state index in [9.17, 15) is 4.39 Å². The number of halogens is 1. The Morgan fingerprint density at radius 3 is 2.30 bits per heavy atom. The number of thioether (sulfide) groups is 1. The Balaban J connectivity index is 2.05. The summed E-state index contributed by atoms with van der Waals surface area (Å²) in [6.45, 7) is 1.79. The number of nitrogens with one attached hydrogen (secondary N) is 1. The van der Waals surface area contributed by atoms with Gasteiger partial charge in [0.05, 0.1) is 0 Å². The normalized spacial score (nSPS) is 47.1. The van der Waals surface area contributed by atoms with Gasteiger partial charge in [-0.25, -0.2) is 4.39 Å². The van der Waals surface area contributed by atoms with Gasteiger partial charge in [0.1, 0.15) is 6.17 Å². The summed E-state index contributed by atoms with van der Waals surface area (Å²) in [6, 6.07) is 0. The van der Waals surface area contributed by atoms with Gasteiger partial charge in [-0.3, -0.25) is 0 Å². The van der Waals surface area contributed by atoms with Crippen molar-refractivity contribution in [2.24, 2.45) is 11.8 Å². The second-order valence-electron chi connectivity index (χ2n) is 3.16. The summed E-state index contributed by atoms with van der Waals surface area (Å²) in [6.07, 6.45) is -0.512. The lowest BCUT2D eigenvalue weighted by Crippen LogP contribution is -2.49. The summed E-state index contributed by atoms with van der Waals surface area (Å²) in [4.78, 5) is 0. The molecule has 2 saturated heterocycles. The van der Waals surface area contributed by atoms with Gasteiger partial charge in [-0.15, -0.1) is 0 Å². The van der Waals surface area contributed by atoms with E-state index in [-0.39, 0.29) is 0 Å². The summed E-state index contributed by atoms with van der Waals surface area (Å²) < 4.78 is 13.2. The summed E-state index contributed by atoms with van der Waals surface area (Å²) in [5, 5.41) is 3.26. The SMILES string of the molecule is FC1C2CNCC1CSC2. The quantitative estimate of drug-likeness (QED) is 0.566. The van der Waals surface area contributed by atoms with Crippen molar-refractivity contribution in [3.05, 3.63) is 0 Å². The average molecular weight is 161 g/mol. The van der Waals surface area contributed by atoms with Crippen molar-refractivity contribution in [1.82, 2.24) is 5.32 Å². The second kappa shape index (κ2) is 2.70. The van der Waals surface area contributed by atoms with E-state index in [1.165, 1.54) is 0 Å². The summed E-state index contributed by atoms with van der Waals surface area (Å²) in [7, 11) is 0. The molecule has 2 unspecified atom stereocenters. The van der Waals surface area contributed by atoms with Gasteiger partial charge < -0.3 is 5.32 Å². The molecule has 0 aromatic carbocycles. The molecule has 0 radical (unpaired) electrons. The van der Waals surface area contributed by atoms with Crippen LogP contribution >= 0.6 is 11.8 Å². The van der Waals surface area contributed by atoms with Crippen LogP contribution in [-0.4, -0.2) is 30.8 Å². The third-order valence-electron chi connectivity index (χ3n) is 2.38. The van der Waals surface area contributed by atoms with E-state index < -0.39 is 6.17 Å². The molecule has 2 aliphatic heterocycles. The number of rotatable bonds is 0. The van der Waals surface area contributed by atoms with Crippen molar-refractivity contribution in [2.75, 3.05) is 24.6 Å². The van der Waals surface area contributed by atoms with Gasteiger partial charge in [0.15, 0.2) is 0 Å². The number of hydrogen-bond donors (Lipinski definition) is 1. The Bertz CT molecular complexity index is 109. The number of hydrogen-bond acceptors (Lipinski definition) is 2. The molecule has 1 nitrogen and oxygen atoms in total. The maximum atomic E-state index is 13.2. The smallest absolute Gasteiger partial charge is 0.110 e. The zero-order chi connectivity index (χ0) is 6.97. The lowest BCUT2D eigenvalue weighted by molar-refractivity contribution is 0.132. The molecule has 58 valence electrons. The van der Waals surface area contributed by atoms with E-state index in [1.807, 2.05) is 11.8 Å². The highest BCUT2D eigenvalue weighted by Gasteiger charge is 2.36. The predicted octanol–water partition coefficient (Wildman–Crippen LogP) is 0.907. The van der Waals surface area contributed by atoms with Crippen LogP contribution in [0.15, 0.2) is 0 Å². The first kappa shape index (κ1) is 6.92. The van der Waals surface area contributed by atoms with Crippen LogP contribution in [0.4, 0.5) is 4.39 Å². The largest absolute Gasteiger partial charge is 0.316 e. The molecule has 10 heavy (non-hydrogen) atoms. The van der Waals surface area contributed by atoms with Crippen LogP contribution in [0.2, 0.25) is 0 Å². The first-order valence-corrected chi connectivity index (χ1v) is 4.96. The highest BCUT2D eigenvalue weighted by molar-refractivity contribution is 7.99. The third-order valence-corrected chi connectivity index (χ3v) is 3.71. The molecule has 2 bridgehead atoms. The summed E-state index contributed by atoms with van der Waals surface area (Å²) in [5.74, 6) is 2.64. The fourth-order valence-corrected chi connectivity index (χ4v) is 3.08. The Labute approximate surface area is 64.8 Å². The lowest BCUT2D eigenvalue weighted by Gasteiger charge is -2.37. The maximum Gasteiger partial charge on any atom is 0.110 e. The van der Waals surface area contributed by atoms with E-state index in [0.717, 1.165) is 24.6 Å². The Morgan fingerprint density at radius 2 is 1.80 bits per heavy atom. The van der Waals surface area contributed by atoms with Gasteiger partial charge in [-0.2, -0.15) is 11.8 Å². The molecule has 2 fully saturated rings. The minimum atomic E-state index is -0.512. The van der Waals surface area contributed by atoms with Crippen LogP contribution in [0.5, 0.6) is 0 Å². The van der Waals surface area contributed by atoms with Crippen molar-refractivity contribution < 1.29 is 4.39 Å². The minimum Gasteiger partial charge on any atom is -0.316 e. The molecule has 1 N–H and O–H groups in total. The van der Waals surface area contributed by atoms with E-state index >= 15 is 0 Å². The molecular weight excluding hydrogens is 149 g/mol. The molecule has 2 heterocycles. The minimum absolute atomic E-state index is 0.303. The Hall–Kier alpha value is 0.240. The highest BCUT2D eigenvalue weighted by atomic mass is 32.2. The van der Waals surface area contributed by atoms with E-state index in [2.05, 4.69) is 5.32 Å².